The van der Waals surface area contributed by atoms with Crippen LogP contribution in [0.4, 0.5) is 17.1 Å². The molecule has 2 heterocycles. The van der Waals surface area contributed by atoms with Crippen LogP contribution < -0.4 is 4.90 Å². The van der Waals surface area contributed by atoms with E-state index in [0.717, 1.165) is 55.6 Å². The van der Waals surface area contributed by atoms with Crippen LogP contribution in [0.2, 0.25) is 0 Å². The summed E-state index contributed by atoms with van der Waals surface area (Å²) >= 11 is 1.87. The summed E-state index contributed by atoms with van der Waals surface area (Å²) in [5.41, 5.74) is 16.9. The van der Waals surface area contributed by atoms with E-state index in [2.05, 4.69) is 229 Å². The number of para-hydroxylation sites is 2. The minimum atomic E-state index is -0.508. The second-order valence-corrected chi connectivity index (χ2v) is 17.8. The lowest BCUT2D eigenvalue weighted by atomic mass is 9.68. The van der Waals surface area contributed by atoms with E-state index >= 15 is 0 Å². The molecule has 0 radical (unpaired) electrons. The van der Waals surface area contributed by atoms with Crippen molar-refractivity contribution in [2.24, 2.45) is 0 Å². The summed E-state index contributed by atoms with van der Waals surface area (Å²) in [6.07, 6.45) is 0. The van der Waals surface area contributed by atoms with Crippen LogP contribution in [0.1, 0.15) is 22.3 Å². The van der Waals surface area contributed by atoms with Gasteiger partial charge in [0, 0.05) is 43.1 Å². The van der Waals surface area contributed by atoms with E-state index in [1.54, 1.807) is 0 Å². The molecule has 0 bridgehead atoms. The molecule has 0 saturated carbocycles. The Bertz CT molecular complexity index is 3670. The molecular weight excluding hydrogens is 795 g/mol. The van der Waals surface area contributed by atoms with Crippen LogP contribution in [0.3, 0.4) is 0 Å². The molecule has 0 unspecified atom stereocenters. The minimum absolute atomic E-state index is 0.508. The van der Waals surface area contributed by atoms with Crippen LogP contribution in [0.5, 0.6) is 0 Å². The summed E-state index contributed by atoms with van der Waals surface area (Å²) < 4.78 is 8.96. The van der Waals surface area contributed by atoms with Crippen molar-refractivity contribution in [1.29, 1.82) is 0 Å². The lowest BCUT2D eigenvalue weighted by Crippen LogP contribution is -2.28. The topological polar surface area (TPSA) is 16.4 Å². The number of benzene rings is 10. The van der Waals surface area contributed by atoms with Gasteiger partial charge in [-0.15, -0.1) is 11.3 Å². The third-order valence-electron chi connectivity index (χ3n) is 13.4. The van der Waals surface area contributed by atoms with Crippen LogP contribution in [0.15, 0.2) is 241 Å². The van der Waals surface area contributed by atoms with E-state index in [4.69, 9.17) is 4.42 Å². The highest BCUT2D eigenvalue weighted by Crippen LogP contribution is 2.60. The van der Waals surface area contributed by atoms with Gasteiger partial charge in [0.15, 0.2) is 0 Å². The van der Waals surface area contributed by atoms with Crippen molar-refractivity contribution in [3.63, 3.8) is 0 Å². The fraction of sp³-hybridized carbons (Fsp3) is 0.0164. The Hall–Kier alpha value is -7.98. The summed E-state index contributed by atoms with van der Waals surface area (Å²) in [6, 6.07) is 86.5. The van der Waals surface area contributed by atoms with E-state index in [1.807, 2.05) is 23.5 Å². The van der Waals surface area contributed by atoms with E-state index < -0.39 is 5.41 Å². The van der Waals surface area contributed by atoms with Crippen LogP contribution in [0, 0.1) is 0 Å². The van der Waals surface area contributed by atoms with Crippen molar-refractivity contribution >= 4 is 70.5 Å². The summed E-state index contributed by atoms with van der Waals surface area (Å²) in [5.74, 6) is 0. The number of furan rings is 1. The number of rotatable bonds is 7. The Balaban J connectivity index is 0.986. The lowest BCUT2D eigenvalue weighted by molar-refractivity contribution is 0.670. The lowest BCUT2D eigenvalue weighted by Gasteiger charge is -2.34. The van der Waals surface area contributed by atoms with E-state index in [0.29, 0.717) is 0 Å². The maximum absolute atomic E-state index is 6.40. The zero-order valence-electron chi connectivity index (χ0n) is 34.8. The quantitative estimate of drug-likeness (QED) is 0.159. The van der Waals surface area contributed by atoms with E-state index in [-0.39, 0.29) is 0 Å². The third-order valence-corrected chi connectivity index (χ3v) is 14.6. The number of anilines is 3. The predicted molar refractivity (Wildman–Crippen MR) is 269 cm³/mol. The maximum Gasteiger partial charge on any atom is 0.143 e. The molecular formula is C61H39NOS. The van der Waals surface area contributed by atoms with Gasteiger partial charge in [0.1, 0.15) is 11.2 Å². The van der Waals surface area contributed by atoms with Crippen molar-refractivity contribution in [3.8, 4) is 33.4 Å². The van der Waals surface area contributed by atoms with Crippen LogP contribution >= 0.6 is 11.3 Å². The number of fused-ring (bicyclic) bond motifs is 9. The number of hydrogen-bond acceptors (Lipinski definition) is 3. The monoisotopic (exact) mass is 833 g/mol. The standard InChI is InChI=1S/C61H39NOS/c1-3-16-43(17-4-1)61(44-18-5-2-6-19-44)52-26-10-7-22-51(52)58-53(61)27-15-28-54(58)62(55-29-14-25-50-48-21-9-12-31-57(48)64-60(50)55)45-38-36-41(37-39-45)40-32-34-42(35-33-40)46-23-13-24-49-47-20-8-11-30-56(47)63-59(46)49/h1-39H. The first-order chi connectivity index (χ1) is 31.8. The Labute approximate surface area is 375 Å². The Morgan fingerprint density at radius 3 is 1.70 bits per heavy atom. The van der Waals surface area contributed by atoms with Crippen molar-refractivity contribution in [2.45, 2.75) is 5.41 Å². The third kappa shape index (κ3) is 5.44. The molecule has 64 heavy (non-hydrogen) atoms. The Kier molecular flexibility index (Phi) is 8.34. The molecule has 0 fully saturated rings. The minimum Gasteiger partial charge on any atom is -0.455 e. The van der Waals surface area contributed by atoms with Crippen LogP contribution in [-0.2, 0) is 5.41 Å². The average Bonchev–Trinajstić information content (AvgIpc) is 4.04. The highest BCUT2D eigenvalue weighted by molar-refractivity contribution is 7.26. The molecule has 0 N–H and O–H groups in total. The molecule has 1 aliphatic carbocycles. The van der Waals surface area contributed by atoms with Crippen molar-refractivity contribution in [3.05, 3.63) is 259 Å². The second kappa shape index (κ2) is 14.6. The van der Waals surface area contributed by atoms with Gasteiger partial charge in [-0.1, -0.05) is 200 Å². The molecule has 3 heteroatoms. The van der Waals surface area contributed by atoms with Crippen molar-refractivity contribution in [1.82, 2.24) is 0 Å². The largest absolute Gasteiger partial charge is 0.455 e. The highest BCUT2D eigenvalue weighted by atomic mass is 32.1. The fourth-order valence-electron chi connectivity index (χ4n) is 10.6. The molecule has 13 rings (SSSR count). The van der Waals surface area contributed by atoms with Gasteiger partial charge >= 0.3 is 0 Å². The van der Waals surface area contributed by atoms with Gasteiger partial charge < -0.3 is 9.32 Å². The van der Waals surface area contributed by atoms with Gasteiger partial charge in [0.25, 0.3) is 0 Å². The molecule has 10 aromatic carbocycles. The van der Waals surface area contributed by atoms with Gasteiger partial charge in [-0.2, -0.15) is 0 Å². The molecule has 300 valence electrons. The molecule has 12 aromatic rings. The van der Waals surface area contributed by atoms with E-state index in [9.17, 15) is 0 Å². The van der Waals surface area contributed by atoms with Gasteiger partial charge in [-0.25, -0.2) is 0 Å². The van der Waals surface area contributed by atoms with E-state index in [1.165, 1.54) is 59.2 Å². The van der Waals surface area contributed by atoms with Gasteiger partial charge in [-0.3, -0.25) is 0 Å². The van der Waals surface area contributed by atoms with Crippen molar-refractivity contribution < 1.29 is 4.42 Å². The first kappa shape index (κ1) is 36.7. The number of hydrogen-bond donors (Lipinski definition) is 0. The van der Waals surface area contributed by atoms with Crippen LogP contribution in [-0.4, -0.2) is 0 Å². The number of thiophene rings is 1. The summed E-state index contributed by atoms with van der Waals surface area (Å²) in [4.78, 5) is 2.51. The molecule has 2 aromatic heterocycles. The molecule has 0 spiro atoms. The zero-order chi connectivity index (χ0) is 42.2. The second-order valence-electron chi connectivity index (χ2n) is 16.7. The molecule has 0 amide bonds. The molecule has 2 nitrogen and oxygen atoms in total. The Morgan fingerprint density at radius 2 is 0.922 bits per heavy atom. The molecule has 1 aliphatic rings. The zero-order valence-corrected chi connectivity index (χ0v) is 35.6. The van der Waals surface area contributed by atoms with Crippen LogP contribution in [0.25, 0.3) is 75.5 Å². The van der Waals surface area contributed by atoms with Gasteiger partial charge in [0.05, 0.1) is 21.5 Å². The first-order valence-corrected chi connectivity index (χ1v) is 22.7. The van der Waals surface area contributed by atoms with Gasteiger partial charge in [0.2, 0.25) is 0 Å². The van der Waals surface area contributed by atoms with Gasteiger partial charge in [-0.05, 0) is 80.9 Å². The maximum atomic E-state index is 6.40. The first-order valence-electron chi connectivity index (χ1n) is 21.9. The molecule has 0 aliphatic heterocycles. The Morgan fingerprint density at radius 1 is 0.375 bits per heavy atom. The summed E-state index contributed by atoms with van der Waals surface area (Å²) in [7, 11) is 0. The smallest absolute Gasteiger partial charge is 0.143 e. The number of nitrogens with zero attached hydrogens (tertiary/aromatic N) is 1. The SMILES string of the molecule is c1ccc(C2(c3ccccc3)c3ccccc3-c3c(N(c4ccc(-c5ccc(-c6cccc7c6oc6ccccc67)cc5)cc4)c4cccc5c4sc4ccccc45)cccc32)cc1. The predicted octanol–water partition coefficient (Wildman–Crippen LogP) is 17.1. The molecule has 0 saturated heterocycles. The average molecular weight is 834 g/mol. The highest BCUT2D eigenvalue weighted by Gasteiger charge is 2.47. The fourth-order valence-corrected chi connectivity index (χ4v) is 11.8. The molecule has 0 atom stereocenters. The van der Waals surface area contributed by atoms with Crippen molar-refractivity contribution in [2.75, 3.05) is 4.90 Å². The normalized spacial score (nSPS) is 12.8. The summed E-state index contributed by atoms with van der Waals surface area (Å²) in [6.45, 7) is 0. The summed E-state index contributed by atoms with van der Waals surface area (Å²) in [5, 5.41) is 4.84.